The van der Waals surface area contributed by atoms with Gasteiger partial charge in [0.05, 0.1) is 31.2 Å². The number of fused-ring (bicyclic) bond motifs is 1. The minimum Gasteiger partial charge on any atom is -0.462 e. The minimum atomic E-state index is -0.284. The van der Waals surface area contributed by atoms with Gasteiger partial charge in [-0.05, 0) is 25.8 Å². The Hall–Kier alpha value is -1.73. The van der Waals surface area contributed by atoms with Crippen molar-refractivity contribution in [3.8, 4) is 0 Å². The predicted octanol–water partition coefficient (Wildman–Crippen LogP) is 2.79. The molecule has 0 radical (unpaired) electrons. The van der Waals surface area contributed by atoms with Crippen LogP contribution in [-0.4, -0.2) is 48.3 Å². The standard InChI is InChI=1S/C16H21N3O3S/c1-4-11-8-21-7-6-19(11)14-12-10(3)13(16(20)22-5-2)23-15(12)18-9-17-14/h9,11H,4-8H2,1-3H3. The summed E-state index contributed by atoms with van der Waals surface area (Å²) in [6.07, 6.45) is 2.56. The molecule has 0 spiro atoms. The molecular formula is C16H21N3O3S. The fourth-order valence-corrected chi connectivity index (χ4v) is 3.97. The summed E-state index contributed by atoms with van der Waals surface area (Å²) < 4.78 is 10.7. The number of ether oxygens (including phenoxy) is 2. The van der Waals surface area contributed by atoms with Crippen molar-refractivity contribution in [1.29, 1.82) is 0 Å². The second-order valence-electron chi connectivity index (χ2n) is 5.48. The Kier molecular flexibility index (Phi) is 4.77. The molecule has 1 aliphatic heterocycles. The van der Waals surface area contributed by atoms with Gasteiger partial charge in [-0.1, -0.05) is 6.92 Å². The number of carbonyl (C=O) groups excluding carboxylic acids is 1. The highest BCUT2D eigenvalue weighted by molar-refractivity contribution is 7.20. The number of morpholine rings is 1. The largest absolute Gasteiger partial charge is 0.462 e. The van der Waals surface area contributed by atoms with Gasteiger partial charge < -0.3 is 14.4 Å². The molecule has 6 nitrogen and oxygen atoms in total. The molecule has 1 fully saturated rings. The fraction of sp³-hybridized carbons (Fsp3) is 0.562. The van der Waals surface area contributed by atoms with Gasteiger partial charge in [0, 0.05) is 6.54 Å². The zero-order valence-corrected chi connectivity index (χ0v) is 14.5. The normalized spacial score (nSPS) is 18.4. The molecule has 23 heavy (non-hydrogen) atoms. The summed E-state index contributed by atoms with van der Waals surface area (Å²) in [6, 6.07) is 0.298. The number of nitrogens with zero attached hydrogens (tertiary/aromatic N) is 3. The third-order valence-corrected chi connectivity index (χ3v) is 5.32. The van der Waals surface area contributed by atoms with Gasteiger partial charge in [-0.3, -0.25) is 0 Å². The molecule has 0 bridgehead atoms. The number of hydrogen-bond donors (Lipinski definition) is 0. The average molecular weight is 335 g/mol. The smallest absolute Gasteiger partial charge is 0.348 e. The molecule has 0 amide bonds. The van der Waals surface area contributed by atoms with Crippen molar-refractivity contribution >= 4 is 33.3 Å². The van der Waals surface area contributed by atoms with Gasteiger partial charge in [-0.25, -0.2) is 14.8 Å². The number of thiophene rings is 1. The van der Waals surface area contributed by atoms with E-state index in [4.69, 9.17) is 9.47 Å². The first-order valence-electron chi connectivity index (χ1n) is 7.92. The highest BCUT2D eigenvalue weighted by Gasteiger charge is 2.27. The maximum atomic E-state index is 12.1. The summed E-state index contributed by atoms with van der Waals surface area (Å²) in [6.45, 7) is 8.47. The molecule has 0 saturated carbocycles. The molecule has 3 rings (SSSR count). The monoisotopic (exact) mass is 335 g/mol. The van der Waals surface area contributed by atoms with E-state index >= 15 is 0 Å². The average Bonchev–Trinajstić information content (AvgIpc) is 2.92. The first-order valence-corrected chi connectivity index (χ1v) is 8.74. The Labute approximate surface area is 139 Å². The van der Waals surface area contributed by atoms with Gasteiger partial charge in [0.25, 0.3) is 0 Å². The lowest BCUT2D eigenvalue weighted by Crippen LogP contribution is -2.45. The van der Waals surface area contributed by atoms with Crippen LogP contribution in [0.3, 0.4) is 0 Å². The van der Waals surface area contributed by atoms with Gasteiger partial charge in [-0.2, -0.15) is 0 Å². The van der Waals surface area contributed by atoms with Crippen LogP contribution in [0.15, 0.2) is 6.33 Å². The molecule has 2 aromatic rings. The fourth-order valence-electron chi connectivity index (χ4n) is 2.93. The van der Waals surface area contributed by atoms with Crippen LogP contribution in [0.2, 0.25) is 0 Å². The molecule has 1 unspecified atom stereocenters. The number of esters is 1. The molecule has 0 aliphatic carbocycles. The second kappa shape index (κ2) is 6.80. The maximum absolute atomic E-state index is 12.1. The van der Waals surface area contributed by atoms with Crippen molar-refractivity contribution in [2.45, 2.75) is 33.2 Å². The molecule has 124 valence electrons. The van der Waals surface area contributed by atoms with E-state index in [2.05, 4.69) is 21.8 Å². The van der Waals surface area contributed by atoms with Crippen LogP contribution in [0.4, 0.5) is 5.82 Å². The van der Waals surface area contributed by atoms with E-state index in [0.717, 1.165) is 34.6 Å². The SMILES string of the molecule is CCOC(=O)c1sc2ncnc(N3CCOCC3CC)c2c1C. The van der Waals surface area contributed by atoms with Crippen LogP contribution >= 0.6 is 11.3 Å². The molecule has 7 heteroatoms. The number of aromatic nitrogens is 2. The molecule has 2 aromatic heterocycles. The van der Waals surface area contributed by atoms with Gasteiger partial charge in [-0.15, -0.1) is 11.3 Å². The first kappa shape index (κ1) is 16.1. The Morgan fingerprint density at radius 2 is 2.30 bits per heavy atom. The molecule has 1 saturated heterocycles. The molecule has 1 aliphatic rings. The third-order valence-electron chi connectivity index (χ3n) is 4.14. The molecule has 1 atom stereocenters. The number of carbonyl (C=O) groups is 1. The van der Waals surface area contributed by atoms with E-state index in [1.165, 1.54) is 11.3 Å². The van der Waals surface area contributed by atoms with Crippen molar-refractivity contribution in [1.82, 2.24) is 9.97 Å². The van der Waals surface area contributed by atoms with Crippen molar-refractivity contribution in [2.75, 3.05) is 31.3 Å². The second-order valence-corrected chi connectivity index (χ2v) is 6.48. The van der Waals surface area contributed by atoms with E-state index in [9.17, 15) is 4.79 Å². The van der Waals surface area contributed by atoms with Crippen molar-refractivity contribution in [3.63, 3.8) is 0 Å². The van der Waals surface area contributed by atoms with E-state index in [-0.39, 0.29) is 5.97 Å². The number of anilines is 1. The Bertz CT molecular complexity index is 716. The van der Waals surface area contributed by atoms with Crippen LogP contribution in [0.25, 0.3) is 10.2 Å². The lowest BCUT2D eigenvalue weighted by Gasteiger charge is -2.36. The molecular weight excluding hydrogens is 314 g/mol. The van der Waals surface area contributed by atoms with Crippen LogP contribution in [0, 0.1) is 6.92 Å². The molecule has 0 aromatic carbocycles. The number of aryl methyl sites for hydroxylation is 1. The minimum absolute atomic E-state index is 0.284. The topological polar surface area (TPSA) is 64.5 Å². The van der Waals surface area contributed by atoms with E-state index in [1.807, 2.05) is 13.8 Å². The van der Waals surface area contributed by atoms with Crippen molar-refractivity contribution < 1.29 is 14.3 Å². The Balaban J connectivity index is 2.09. The highest BCUT2D eigenvalue weighted by Crippen LogP contribution is 2.36. The van der Waals surface area contributed by atoms with Crippen molar-refractivity contribution in [2.24, 2.45) is 0 Å². The third kappa shape index (κ3) is 2.90. The lowest BCUT2D eigenvalue weighted by molar-refractivity contribution is 0.0531. The van der Waals surface area contributed by atoms with E-state index < -0.39 is 0 Å². The molecule has 0 N–H and O–H groups in total. The lowest BCUT2D eigenvalue weighted by atomic mass is 10.1. The summed E-state index contributed by atoms with van der Waals surface area (Å²) in [4.78, 5) is 24.8. The summed E-state index contributed by atoms with van der Waals surface area (Å²) in [5.74, 6) is 0.613. The van der Waals surface area contributed by atoms with Gasteiger partial charge in [0.15, 0.2) is 0 Å². The number of rotatable bonds is 4. The van der Waals surface area contributed by atoms with Gasteiger partial charge in [0.2, 0.25) is 0 Å². The van der Waals surface area contributed by atoms with Crippen LogP contribution < -0.4 is 4.90 Å². The highest BCUT2D eigenvalue weighted by atomic mass is 32.1. The predicted molar refractivity (Wildman–Crippen MR) is 90.4 cm³/mol. The number of hydrogen-bond acceptors (Lipinski definition) is 7. The van der Waals surface area contributed by atoms with Gasteiger partial charge >= 0.3 is 5.97 Å². The van der Waals surface area contributed by atoms with Crippen LogP contribution in [0.1, 0.15) is 35.5 Å². The first-order chi connectivity index (χ1) is 11.2. The summed E-state index contributed by atoms with van der Waals surface area (Å²) in [5, 5.41) is 0.959. The maximum Gasteiger partial charge on any atom is 0.348 e. The summed E-state index contributed by atoms with van der Waals surface area (Å²) >= 11 is 1.38. The zero-order chi connectivity index (χ0) is 16.4. The van der Waals surface area contributed by atoms with E-state index in [1.54, 1.807) is 6.33 Å². The summed E-state index contributed by atoms with van der Waals surface area (Å²) in [7, 11) is 0. The summed E-state index contributed by atoms with van der Waals surface area (Å²) in [5.41, 5.74) is 0.903. The van der Waals surface area contributed by atoms with Crippen LogP contribution in [0.5, 0.6) is 0 Å². The van der Waals surface area contributed by atoms with Crippen molar-refractivity contribution in [3.05, 3.63) is 16.8 Å². The zero-order valence-electron chi connectivity index (χ0n) is 13.7. The molecule has 3 heterocycles. The van der Waals surface area contributed by atoms with E-state index in [0.29, 0.717) is 30.7 Å². The Morgan fingerprint density at radius 3 is 3.04 bits per heavy atom. The van der Waals surface area contributed by atoms with Crippen LogP contribution in [-0.2, 0) is 9.47 Å². The quantitative estimate of drug-likeness (QED) is 0.801. The van der Waals surface area contributed by atoms with Gasteiger partial charge in [0.1, 0.15) is 21.9 Å². The Morgan fingerprint density at radius 1 is 1.48 bits per heavy atom.